The summed E-state index contributed by atoms with van der Waals surface area (Å²) >= 11 is 0. The van der Waals surface area contributed by atoms with Crippen LogP contribution >= 0.6 is 0 Å². The van der Waals surface area contributed by atoms with Crippen molar-refractivity contribution in [2.24, 2.45) is 0 Å². The van der Waals surface area contributed by atoms with Crippen LogP contribution in [-0.4, -0.2) is 48.2 Å². The molecule has 2 aliphatic rings. The van der Waals surface area contributed by atoms with Gasteiger partial charge in [0.05, 0.1) is 7.11 Å². The minimum atomic E-state index is -1.18. The van der Waals surface area contributed by atoms with E-state index in [-0.39, 0.29) is 11.8 Å². The Morgan fingerprint density at radius 2 is 1.92 bits per heavy atom. The molecule has 186 valence electrons. The Kier molecular flexibility index (Phi) is 6.49. The molecule has 1 atom stereocenters. The number of methoxy groups -OCH3 is 1. The number of ether oxygens (including phenoxy) is 1. The molecule has 1 saturated heterocycles. The van der Waals surface area contributed by atoms with Gasteiger partial charge in [0.1, 0.15) is 11.2 Å². The molecule has 2 aromatic carbocycles. The monoisotopic (exact) mass is 484 g/mol. The van der Waals surface area contributed by atoms with Gasteiger partial charge in [-0.1, -0.05) is 53.7 Å². The lowest BCUT2D eigenvalue weighted by atomic mass is 9.77. The zero-order valence-electron chi connectivity index (χ0n) is 21.2. The number of hydrogen-bond donors (Lipinski definition) is 1. The highest BCUT2D eigenvalue weighted by atomic mass is 16.5. The highest BCUT2D eigenvalue weighted by Crippen LogP contribution is 2.38. The van der Waals surface area contributed by atoms with Gasteiger partial charge in [0.2, 0.25) is 11.8 Å². The molecule has 0 saturated carbocycles. The van der Waals surface area contributed by atoms with Crippen LogP contribution in [0.15, 0.2) is 71.3 Å². The van der Waals surface area contributed by atoms with E-state index in [4.69, 9.17) is 9.26 Å². The zero-order valence-corrected chi connectivity index (χ0v) is 21.2. The first kappa shape index (κ1) is 24.0. The lowest BCUT2D eigenvalue weighted by Crippen LogP contribution is -2.39. The Balaban J connectivity index is 1.46. The maximum Gasteiger partial charge on any atom is 0.246 e. The molecule has 0 bridgehead atoms. The van der Waals surface area contributed by atoms with Gasteiger partial charge in [-0.3, -0.25) is 4.79 Å². The number of aromatic nitrogens is 2. The molecule has 2 heterocycles. The van der Waals surface area contributed by atoms with Crippen LogP contribution in [-0.2, 0) is 10.2 Å². The predicted molar refractivity (Wildman–Crippen MR) is 139 cm³/mol. The van der Waals surface area contributed by atoms with E-state index in [1.807, 2.05) is 54.6 Å². The number of allylic oxidation sites excluding steroid dienone is 2. The molecular weight excluding hydrogens is 452 g/mol. The summed E-state index contributed by atoms with van der Waals surface area (Å²) < 4.78 is 10.9. The third kappa shape index (κ3) is 4.46. The van der Waals surface area contributed by atoms with E-state index in [0.717, 1.165) is 30.8 Å². The van der Waals surface area contributed by atoms with Crippen LogP contribution < -0.4 is 10.1 Å². The Labute approximate surface area is 211 Å². The summed E-state index contributed by atoms with van der Waals surface area (Å²) in [6, 6.07) is 14.1. The molecule has 1 aliphatic heterocycles. The van der Waals surface area contributed by atoms with E-state index in [0.29, 0.717) is 23.3 Å². The van der Waals surface area contributed by atoms with Crippen molar-refractivity contribution in [1.82, 2.24) is 15.0 Å². The molecule has 0 spiro atoms. The number of benzene rings is 2. The summed E-state index contributed by atoms with van der Waals surface area (Å²) in [4.78, 5) is 20.6. The largest absolute Gasteiger partial charge is 0.496 e. The third-order valence-corrected chi connectivity index (χ3v) is 7.27. The van der Waals surface area contributed by atoms with Crippen LogP contribution in [0.4, 0.5) is 5.69 Å². The highest BCUT2D eigenvalue weighted by Gasteiger charge is 2.42. The van der Waals surface area contributed by atoms with Crippen LogP contribution in [0.5, 0.6) is 5.75 Å². The SMILES string of the molecule is COc1ccc(NC(=O)C2(c3noc(C)n3)C=CC(c3ccccc3C)C=C2)cc1C1CCN(C)C1. The molecule has 1 aliphatic carbocycles. The summed E-state index contributed by atoms with van der Waals surface area (Å²) in [6.07, 6.45) is 8.92. The van der Waals surface area contributed by atoms with Crippen molar-refractivity contribution >= 4 is 11.6 Å². The van der Waals surface area contributed by atoms with E-state index < -0.39 is 5.41 Å². The van der Waals surface area contributed by atoms with E-state index in [1.54, 1.807) is 14.0 Å². The van der Waals surface area contributed by atoms with Gasteiger partial charge in [0, 0.05) is 36.6 Å². The van der Waals surface area contributed by atoms with Crippen LogP contribution in [0.25, 0.3) is 0 Å². The van der Waals surface area contributed by atoms with Crippen molar-refractivity contribution in [3.8, 4) is 5.75 Å². The van der Waals surface area contributed by atoms with Crippen molar-refractivity contribution < 1.29 is 14.1 Å². The molecule has 7 heteroatoms. The van der Waals surface area contributed by atoms with Crippen molar-refractivity contribution in [3.63, 3.8) is 0 Å². The van der Waals surface area contributed by atoms with E-state index in [2.05, 4.69) is 46.5 Å². The van der Waals surface area contributed by atoms with Gasteiger partial charge in [-0.25, -0.2) is 0 Å². The number of amides is 1. The topological polar surface area (TPSA) is 80.5 Å². The molecule has 1 fully saturated rings. The lowest BCUT2D eigenvalue weighted by molar-refractivity contribution is -0.119. The van der Waals surface area contributed by atoms with Crippen LogP contribution in [0.3, 0.4) is 0 Å². The van der Waals surface area contributed by atoms with Crippen LogP contribution in [0, 0.1) is 13.8 Å². The number of carbonyl (C=O) groups excluding carboxylic acids is 1. The third-order valence-electron chi connectivity index (χ3n) is 7.27. The van der Waals surface area contributed by atoms with Gasteiger partial charge in [0.25, 0.3) is 0 Å². The summed E-state index contributed by atoms with van der Waals surface area (Å²) in [5.41, 5.74) is 3.05. The Morgan fingerprint density at radius 3 is 2.56 bits per heavy atom. The first-order valence-electron chi connectivity index (χ1n) is 12.3. The highest BCUT2D eigenvalue weighted by molar-refractivity contribution is 6.02. The van der Waals surface area contributed by atoms with E-state index >= 15 is 0 Å². The second-order valence-corrected chi connectivity index (χ2v) is 9.77. The first-order chi connectivity index (χ1) is 17.4. The van der Waals surface area contributed by atoms with E-state index in [9.17, 15) is 4.79 Å². The minimum Gasteiger partial charge on any atom is -0.496 e. The van der Waals surface area contributed by atoms with Crippen molar-refractivity contribution in [3.05, 3.63) is 95.2 Å². The fourth-order valence-corrected chi connectivity index (χ4v) is 5.22. The Bertz CT molecular complexity index is 1310. The molecule has 1 amide bonds. The van der Waals surface area contributed by atoms with Crippen LogP contribution in [0.2, 0.25) is 0 Å². The number of carbonyl (C=O) groups is 1. The van der Waals surface area contributed by atoms with E-state index in [1.165, 1.54) is 11.1 Å². The van der Waals surface area contributed by atoms with Gasteiger partial charge in [0.15, 0.2) is 5.82 Å². The number of likely N-dealkylation sites (N-methyl/N-ethyl adjacent to an activating group) is 1. The average molecular weight is 485 g/mol. The van der Waals surface area contributed by atoms with Gasteiger partial charge >= 0.3 is 0 Å². The summed E-state index contributed by atoms with van der Waals surface area (Å²) in [7, 11) is 3.81. The molecule has 7 nitrogen and oxygen atoms in total. The number of anilines is 1. The predicted octanol–water partition coefficient (Wildman–Crippen LogP) is 4.90. The summed E-state index contributed by atoms with van der Waals surface area (Å²) in [6.45, 7) is 5.83. The maximum absolute atomic E-state index is 13.9. The maximum atomic E-state index is 13.9. The Hall–Kier alpha value is -3.71. The first-order valence-corrected chi connectivity index (χ1v) is 12.3. The van der Waals surface area contributed by atoms with Gasteiger partial charge in [-0.05, 0) is 56.3 Å². The number of nitrogens with one attached hydrogen (secondary N) is 1. The summed E-state index contributed by atoms with van der Waals surface area (Å²) in [5, 5.41) is 7.25. The number of rotatable bonds is 6. The Morgan fingerprint density at radius 1 is 1.14 bits per heavy atom. The number of hydrogen-bond acceptors (Lipinski definition) is 6. The van der Waals surface area contributed by atoms with Crippen molar-refractivity contribution in [2.45, 2.75) is 37.5 Å². The van der Waals surface area contributed by atoms with Gasteiger partial charge in [-0.2, -0.15) is 4.98 Å². The molecule has 1 unspecified atom stereocenters. The van der Waals surface area contributed by atoms with Crippen LogP contribution in [0.1, 0.15) is 46.7 Å². The summed E-state index contributed by atoms with van der Waals surface area (Å²) in [5.74, 6) is 1.76. The second-order valence-electron chi connectivity index (χ2n) is 9.77. The molecule has 1 N–H and O–H groups in total. The number of nitrogens with zero attached hydrogens (tertiary/aromatic N) is 3. The number of aryl methyl sites for hydroxylation is 2. The standard InChI is InChI=1S/C29H32N4O3/c1-19-7-5-6-8-24(19)21-11-14-29(15-12-21,27-30-20(2)36-32-27)28(34)31-23-9-10-26(35-4)25(17-23)22-13-16-33(3)18-22/h5-12,14-15,17,21-22H,13,16,18H2,1-4H3,(H,31,34). The number of likely N-dealkylation sites (tertiary alicyclic amines) is 1. The van der Waals surface area contributed by atoms with Gasteiger partial charge < -0.3 is 19.5 Å². The molecule has 3 aromatic rings. The quantitative estimate of drug-likeness (QED) is 0.501. The molecule has 0 radical (unpaired) electrons. The average Bonchev–Trinajstić information content (AvgIpc) is 3.53. The normalized spacial score (nSPS) is 23.7. The van der Waals surface area contributed by atoms with Crippen molar-refractivity contribution in [1.29, 1.82) is 0 Å². The fourth-order valence-electron chi connectivity index (χ4n) is 5.22. The zero-order chi connectivity index (χ0) is 25.3. The lowest BCUT2D eigenvalue weighted by Gasteiger charge is -2.28. The molecule has 36 heavy (non-hydrogen) atoms. The second kappa shape index (κ2) is 9.74. The van der Waals surface area contributed by atoms with Gasteiger partial charge in [-0.15, -0.1) is 0 Å². The van der Waals surface area contributed by atoms with Crippen molar-refractivity contribution in [2.75, 3.05) is 32.6 Å². The molecule has 1 aromatic heterocycles. The fraction of sp³-hybridized carbons (Fsp3) is 0.345. The molecule has 5 rings (SSSR count). The molecular formula is C29H32N4O3. The smallest absolute Gasteiger partial charge is 0.246 e. The minimum absolute atomic E-state index is 0.0621.